The van der Waals surface area contributed by atoms with Crippen molar-refractivity contribution in [3.63, 3.8) is 0 Å². The first kappa shape index (κ1) is 18.7. The molecule has 1 amide bonds. The van der Waals surface area contributed by atoms with Crippen molar-refractivity contribution in [1.82, 2.24) is 0 Å². The smallest absolute Gasteiger partial charge is 0.235 e. The molecule has 0 radical (unpaired) electrons. The van der Waals surface area contributed by atoms with Crippen molar-refractivity contribution in [3.8, 4) is 5.75 Å². The van der Waals surface area contributed by atoms with Crippen LogP contribution in [0.3, 0.4) is 0 Å². The first-order valence-corrected chi connectivity index (χ1v) is 9.14. The summed E-state index contributed by atoms with van der Waals surface area (Å²) in [5, 5.41) is 3.78. The third-order valence-electron chi connectivity index (χ3n) is 5.10. The molecular formula is C21H24ClNO3. The minimum atomic E-state index is -0.607. The molecule has 5 heteroatoms. The normalized spacial score (nSPS) is 16.2. The van der Waals surface area contributed by atoms with Crippen LogP contribution in [0, 0.1) is 13.8 Å². The largest absolute Gasteiger partial charge is 0.496 e. The maximum atomic E-state index is 13.3. The Kier molecular flexibility index (Phi) is 5.54. The Morgan fingerprint density at radius 1 is 1.12 bits per heavy atom. The van der Waals surface area contributed by atoms with Gasteiger partial charge in [-0.25, -0.2) is 0 Å². The maximum absolute atomic E-state index is 13.3. The molecular weight excluding hydrogens is 350 g/mol. The minimum Gasteiger partial charge on any atom is -0.496 e. The fraction of sp³-hybridized carbons (Fsp3) is 0.381. The van der Waals surface area contributed by atoms with Gasteiger partial charge in [0, 0.05) is 23.9 Å². The molecule has 4 nitrogen and oxygen atoms in total. The number of nitrogens with one attached hydrogen (secondary N) is 1. The van der Waals surface area contributed by atoms with Gasteiger partial charge in [-0.05, 0) is 67.6 Å². The molecule has 2 aromatic carbocycles. The van der Waals surface area contributed by atoms with Gasteiger partial charge in [0.15, 0.2) is 0 Å². The number of halogens is 1. The molecule has 0 bridgehead atoms. The molecule has 1 fully saturated rings. The number of hydrogen-bond acceptors (Lipinski definition) is 3. The number of carbonyl (C=O) groups is 1. The molecule has 0 saturated carbocycles. The molecule has 2 aromatic rings. The van der Waals surface area contributed by atoms with Gasteiger partial charge in [0.2, 0.25) is 5.91 Å². The van der Waals surface area contributed by atoms with Gasteiger partial charge in [-0.3, -0.25) is 4.79 Å². The predicted octanol–water partition coefficient (Wildman–Crippen LogP) is 4.65. The summed E-state index contributed by atoms with van der Waals surface area (Å²) in [5.41, 5.74) is 3.14. The fourth-order valence-corrected chi connectivity index (χ4v) is 3.86. The molecule has 1 heterocycles. The van der Waals surface area contributed by atoms with Crippen LogP contribution in [0.5, 0.6) is 5.75 Å². The summed E-state index contributed by atoms with van der Waals surface area (Å²) in [6.45, 7) is 5.09. The Morgan fingerprint density at radius 2 is 1.69 bits per heavy atom. The van der Waals surface area contributed by atoms with Crippen LogP contribution in [0.25, 0.3) is 0 Å². The van der Waals surface area contributed by atoms with Gasteiger partial charge in [-0.1, -0.05) is 23.7 Å². The molecule has 0 unspecified atom stereocenters. The van der Waals surface area contributed by atoms with Crippen LogP contribution < -0.4 is 10.1 Å². The first-order valence-electron chi connectivity index (χ1n) is 8.77. The van der Waals surface area contributed by atoms with Crippen molar-refractivity contribution in [2.24, 2.45) is 0 Å². The highest BCUT2D eigenvalue weighted by Crippen LogP contribution is 2.37. The number of benzene rings is 2. The molecule has 0 aliphatic carbocycles. The standard InChI is InChI=1S/C21H24ClNO3/c1-14-12-18(13-15(2)19(14)25-3)23-20(24)21(8-10-26-11-9-21)16-4-6-17(22)7-5-16/h4-7,12-13H,8-11H2,1-3H3,(H,23,24). The number of amides is 1. The van der Waals surface area contributed by atoms with Crippen LogP contribution in [-0.2, 0) is 14.9 Å². The summed E-state index contributed by atoms with van der Waals surface area (Å²) in [7, 11) is 1.66. The number of hydrogen-bond donors (Lipinski definition) is 1. The lowest BCUT2D eigenvalue weighted by Crippen LogP contribution is -2.44. The van der Waals surface area contributed by atoms with E-state index >= 15 is 0 Å². The van der Waals surface area contributed by atoms with Gasteiger partial charge in [-0.2, -0.15) is 0 Å². The van der Waals surface area contributed by atoms with Crippen LogP contribution in [0.15, 0.2) is 36.4 Å². The molecule has 0 aromatic heterocycles. The van der Waals surface area contributed by atoms with Crippen LogP contribution in [0.2, 0.25) is 5.02 Å². The van der Waals surface area contributed by atoms with E-state index in [2.05, 4.69) is 5.32 Å². The van der Waals surface area contributed by atoms with Gasteiger partial charge < -0.3 is 14.8 Å². The van der Waals surface area contributed by atoms with Crippen molar-refractivity contribution in [2.75, 3.05) is 25.6 Å². The van der Waals surface area contributed by atoms with Crippen molar-refractivity contribution >= 4 is 23.2 Å². The summed E-state index contributed by atoms with van der Waals surface area (Å²) in [4.78, 5) is 13.3. The SMILES string of the molecule is COc1c(C)cc(NC(=O)C2(c3ccc(Cl)cc3)CCOCC2)cc1C. The van der Waals surface area contributed by atoms with E-state index in [9.17, 15) is 4.79 Å². The summed E-state index contributed by atoms with van der Waals surface area (Å²) in [6.07, 6.45) is 1.29. The van der Waals surface area contributed by atoms with E-state index < -0.39 is 5.41 Å². The quantitative estimate of drug-likeness (QED) is 0.848. The Bertz CT molecular complexity index is 772. The Hall–Kier alpha value is -2.04. The topological polar surface area (TPSA) is 47.6 Å². The summed E-state index contributed by atoms with van der Waals surface area (Å²) >= 11 is 6.03. The number of methoxy groups -OCH3 is 1. The van der Waals surface area contributed by atoms with Crippen molar-refractivity contribution < 1.29 is 14.3 Å². The van der Waals surface area contributed by atoms with Gasteiger partial charge in [-0.15, -0.1) is 0 Å². The summed E-state index contributed by atoms with van der Waals surface area (Å²) in [5.74, 6) is 0.841. The summed E-state index contributed by atoms with van der Waals surface area (Å²) < 4.78 is 10.9. The maximum Gasteiger partial charge on any atom is 0.235 e. The van der Waals surface area contributed by atoms with E-state index in [1.807, 2.05) is 50.2 Å². The molecule has 1 aliphatic rings. The molecule has 1 aliphatic heterocycles. The molecule has 26 heavy (non-hydrogen) atoms. The third kappa shape index (κ3) is 3.57. The number of anilines is 1. The second kappa shape index (κ2) is 7.68. The Balaban J connectivity index is 1.93. The zero-order valence-electron chi connectivity index (χ0n) is 15.4. The van der Waals surface area contributed by atoms with Gasteiger partial charge in [0.1, 0.15) is 5.75 Å². The van der Waals surface area contributed by atoms with Gasteiger partial charge in [0.05, 0.1) is 12.5 Å². The molecule has 138 valence electrons. The van der Waals surface area contributed by atoms with Crippen molar-refractivity contribution in [2.45, 2.75) is 32.1 Å². The lowest BCUT2D eigenvalue weighted by molar-refractivity contribution is -0.125. The van der Waals surface area contributed by atoms with Crippen molar-refractivity contribution in [3.05, 3.63) is 58.1 Å². The van der Waals surface area contributed by atoms with E-state index in [-0.39, 0.29) is 5.91 Å². The lowest BCUT2D eigenvalue weighted by Gasteiger charge is -2.36. The van der Waals surface area contributed by atoms with E-state index in [0.29, 0.717) is 31.1 Å². The number of carbonyl (C=O) groups excluding carboxylic acids is 1. The Labute approximate surface area is 159 Å². The van der Waals surface area contributed by atoms with Crippen LogP contribution in [0.4, 0.5) is 5.69 Å². The van der Waals surface area contributed by atoms with Crippen LogP contribution in [0.1, 0.15) is 29.5 Å². The van der Waals surface area contributed by atoms with Crippen LogP contribution >= 0.6 is 11.6 Å². The first-order chi connectivity index (χ1) is 12.5. The second-order valence-electron chi connectivity index (χ2n) is 6.80. The number of ether oxygens (including phenoxy) is 2. The minimum absolute atomic E-state index is 0.00732. The van der Waals surface area contributed by atoms with Gasteiger partial charge >= 0.3 is 0 Å². The number of rotatable bonds is 4. The van der Waals surface area contributed by atoms with Crippen molar-refractivity contribution in [1.29, 1.82) is 0 Å². The van der Waals surface area contributed by atoms with E-state index in [1.165, 1.54) is 0 Å². The highest BCUT2D eigenvalue weighted by atomic mass is 35.5. The second-order valence-corrected chi connectivity index (χ2v) is 7.24. The van der Waals surface area contributed by atoms with Gasteiger partial charge in [0.25, 0.3) is 0 Å². The summed E-state index contributed by atoms with van der Waals surface area (Å²) in [6, 6.07) is 11.4. The van der Waals surface area contributed by atoms with E-state index in [1.54, 1.807) is 7.11 Å². The van der Waals surface area contributed by atoms with Crippen LogP contribution in [-0.4, -0.2) is 26.2 Å². The lowest BCUT2D eigenvalue weighted by atomic mass is 9.73. The molecule has 3 rings (SSSR count). The average Bonchev–Trinajstić information content (AvgIpc) is 2.62. The fourth-order valence-electron chi connectivity index (χ4n) is 3.73. The average molecular weight is 374 g/mol. The monoisotopic (exact) mass is 373 g/mol. The zero-order valence-corrected chi connectivity index (χ0v) is 16.2. The molecule has 1 N–H and O–H groups in total. The molecule has 0 atom stereocenters. The third-order valence-corrected chi connectivity index (χ3v) is 5.35. The molecule has 1 saturated heterocycles. The van der Waals surface area contributed by atoms with E-state index in [0.717, 1.165) is 28.1 Å². The molecule has 0 spiro atoms. The van der Waals surface area contributed by atoms with E-state index in [4.69, 9.17) is 21.1 Å². The number of aryl methyl sites for hydroxylation is 2. The highest BCUT2D eigenvalue weighted by Gasteiger charge is 2.41. The zero-order chi connectivity index (χ0) is 18.7. The predicted molar refractivity (Wildman–Crippen MR) is 104 cm³/mol. The Morgan fingerprint density at radius 3 is 2.23 bits per heavy atom. The highest BCUT2D eigenvalue weighted by molar-refractivity contribution is 6.30.